The van der Waals surface area contributed by atoms with Crippen molar-refractivity contribution < 1.29 is 8.42 Å². The van der Waals surface area contributed by atoms with E-state index < -0.39 is 10.0 Å². The van der Waals surface area contributed by atoms with Gasteiger partial charge in [0.25, 0.3) is 10.0 Å². The van der Waals surface area contributed by atoms with Gasteiger partial charge in [0.15, 0.2) is 5.15 Å². The van der Waals surface area contributed by atoms with Crippen LogP contribution in [-0.2, 0) is 22.9 Å². The number of halogens is 1. The lowest BCUT2D eigenvalue weighted by atomic mass is 10.1. The average Bonchev–Trinajstić information content (AvgIpc) is 2.90. The molecule has 0 saturated heterocycles. The molecule has 2 aromatic rings. The van der Waals surface area contributed by atoms with Gasteiger partial charge >= 0.3 is 0 Å². The molecule has 1 aliphatic rings. The van der Waals surface area contributed by atoms with E-state index in [0.29, 0.717) is 5.69 Å². The van der Waals surface area contributed by atoms with Crippen molar-refractivity contribution in [3.63, 3.8) is 0 Å². The van der Waals surface area contributed by atoms with Gasteiger partial charge in [0.05, 0.1) is 10.6 Å². The number of anilines is 1. The molecule has 3 rings (SSSR count). The molecule has 0 radical (unpaired) electrons. The molecule has 0 atom stereocenters. The highest BCUT2D eigenvalue weighted by molar-refractivity contribution is 7.92. The summed E-state index contributed by atoms with van der Waals surface area (Å²) in [5.74, 6) is 0. The number of nitrogens with zero attached hydrogens (tertiary/aromatic N) is 1. The molecule has 6 heteroatoms. The largest absolute Gasteiger partial charge is 0.276 e. The fourth-order valence-corrected chi connectivity index (χ4v) is 4.05. The van der Waals surface area contributed by atoms with Crippen LogP contribution < -0.4 is 4.72 Å². The van der Waals surface area contributed by atoms with E-state index in [0.717, 1.165) is 30.4 Å². The van der Waals surface area contributed by atoms with Crippen molar-refractivity contribution in [3.8, 4) is 0 Å². The standard InChI is InChI=1S/C15H15ClN2O2S/c1-10-7-8-17-15(16)14(10)18-21(19,20)13-6-5-11-3-2-4-12(11)9-13/h5-9,18H,2-4H2,1H3. The van der Waals surface area contributed by atoms with Crippen LogP contribution in [-0.4, -0.2) is 13.4 Å². The third kappa shape index (κ3) is 2.76. The number of nitrogens with one attached hydrogen (secondary N) is 1. The summed E-state index contributed by atoms with van der Waals surface area (Å²) in [5, 5.41) is 0.153. The van der Waals surface area contributed by atoms with E-state index in [1.54, 1.807) is 31.3 Å². The second-order valence-electron chi connectivity index (χ2n) is 5.18. The van der Waals surface area contributed by atoms with Crippen LogP contribution in [0.15, 0.2) is 35.4 Å². The molecule has 0 amide bonds. The van der Waals surface area contributed by atoms with Gasteiger partial charge in [-0.05, 0) is 61.1 Å². The van der Waals surface area contributed by atoms with Crippen molar-refractivity contribution in [2.24, 2.45) is 0 Å². The zero-order valence-electron chi connectivity index (χ0n) is 11.6. The first-order valence-electron chi connectivity index (χ1n) is 6.73. The van der Waals surface area contributed by atoms with Crippen LogP contribution in [0.4, 0.5) is 5.69 Å². The Morgan fingerprint density at radius 1 is 1.19 bits per heavy atom. The topological polar surface area (TPSA) is 59.1 Å². The lowest BCUT2D eigenvalue weighted by Crippen LogP contribution is -2.14. The highest BCUT2D eigenvalue weighted by Crippen LogP contribution is 2.28. The fourth-order valence-electron chi connectivity index (χ4n) is 2.56. The van der Waals surface area contributed by atoms with Crippen LogP contribution in [0.25, 0.3) is 0 Å². The van der Waals surface area contributed by atoms with E-state index >= 15 is 0 Å². The normalized spacial score (nSPS) is 14.0. The van der Waals surface area contributed by atoms with E-state index in [-0.39, 0.29) is 10.0 Å². The summed E-state index contributed by atoms with van der Waals surface area (Å²) >= 11 is 5.98. The number of benzene rings is 1. The van der Waals surface area contributed by atoms with E-state index in [9.17, 15) is 8.42 Å². The summed E-state index contributed by atoms with van der Waals surface area (Å²) in [4.78, 5) is 4.18. The molecule has 1 aliphatic carbocycles. The quantitative estimate of drug-likeness (QED) is 0.882. The predicted octanol–water partition coefficient (Wildman–Crippen LogP) is 3.33. The van der Waals surface area contributed by atoms with Crippen LogP contribution >= 0.6 is 11.6 Å². The number of sulfonamides is 1. The van der Waals surface area contributed by atoms with Crippen molar-refractivity contribution >= 4 is 27.3 Å². The molecule has 21 heavy (non-hydrogen) atoms. The van der Waals surface area contributed by atoms with Crippen LogP contribution in [0.2, 0.25) is 5.15 Å². The van der Waals surface area contributed by atoms with E-state index in [1.165, 1.54) is 5.56 Å². The molecule has 0 saturated carbocycles. The van der Waals surface area contributed by atoms with E-state index in [2.05, 4.69) is 9.71 Å². The summed E-state index contributed by atoms with van der Waals surface area (Å²) in [6.07, 6.45) is 4.59. The number of aryl methyl sites for hydroxylation is 3. The van der Waals surface area contributed by atoms with Gasteiger partial charge in [-0.1, -0.05) is 17.7 Å². The van der Waals surface area contributed by atoms with Crippen LogP contribution in [0.3, 0.4) is 0 Å². The first kappa shape index (κ1) is 14.4. The lowest BCUT2D eigenvalue weighted by molar-refractivity contribution is 0.601. The van der Waals surface area contributed by atoms with Gasteiger partial charge in [0.2, 0.25) is 0 Å². The van der Waals surface area contributed by atoms with E-state index in [1.807, 2.05) is 6.07 Å². The van der Waals surface area contributed by atoms with Crippen molar-refractivity contribution in [1.29, 1.82) is 0 Å². The fraction of sp³-hybridized carbons (Fsp3) is 0.267. The number of pyridine rings is 1. The zero-order chi connectivity index (χ0) is 15.0. The first-order valence-corrected chi connectivity index (χ1v) is 8.59. The molecular weight excluding hydrogens is 308 g/mol. The minimum Gasteiger partial charge on any atom is -0.276 e. The Bertz CT molecular complexity index is 783. The Kier molecular flexibility index (Phi) is 3.63. The Hall–Kier alpha value is -1.59. The van der Waals surface area contributed by atoms with Gasteiger partial charge in [0.1, 0.15) is 0 Å². The van der Waals surface area contributed by atoms with Crippen LogP contribution in [0, 0.1) is 6.92 Å². The molecule has 0 spiro atoms. The van der Waals surface area contributed by atoms with Crippen molar-refractivity contribution in [3.05, 3.63) is 52.3 Å². The first-order chi connectivity index (χ1) is 9.97. The minimum absolute atomic E-state index is 0.153. The van der Waals surface area contributed by atoms with Gasteiger partial charge in [-0.25, -0.2) is 13.4 Å². The molecule has 0 bridgehead atoms. The van der Waals surface area contributed by atoms with Crippen molar-refractivity contribution in [2.45, 2.75) is 31.1 Å². The van der Waals surface area contributed by atoms with Crippen LogP contribution in [0.5, 0.6) is 0 Å². The summed E-state index contributed by atoms with van der Waals surface area (Å²) in [7, 11) is -3.65. The smallest absolute Gasteiger partial charge is 0.262 e. The summed E-state index contributed by atoms with van der Waals surface area (Å²) < 4.78 is 27.6. The molecular formula is C15H15ClN2O2S. The number of fused-ring (bicyclic) bond motifs is 1. The maximum Gasteiger partial charge on any atom is 0.262 e. The average molecular weight is 323 g/mol. The molecule has 0 unspecified atom stereocenters. The third-order valence-electron chi connectivity index (χ3n) is 3.73. The predicted molar refractivity (Wildman–Crippen MR) is 83.3 cm³/mol. The van der Waals surface area contributed by atoms with Gasteiger partial charge in [0, 0.05) is 6.20 Å². The highest BCUT2D eigenvalue weighted by Gasteiger charge is 2.20. The summed E-state index contributed by atoms with van der Waals surface area (Å²) in [6.45, 7) is 1.79. The zero-order valence-corrected chi connectivity index (χ0v) is 13.1. The molecule has 4 nitrogen and oxygen atoms in total. The molecule has 0 fully saturated rings. The van der Waals surface area contributed by atoms with Gasteiger partial charge < -0.3 is 0 Å². The lowest BCUT2D eigenvalue weighted by Gasteiger charge is -2.12. The maximum absolute atomic E-state index is 12.5. The Balaban J connectivity index is 1.98. The minimum atomic E-state index is -3.65. The van der Waals surface area contributed by atoms with Crippen LogP contribution in [0.1, 0.15) is 23.1 Å². The Morgan fingerprint density at radius 3 is 2.71 bits per heavy atom. The molecule has 0 aliphatic heterocycles. The third-order valence-corrected chi connectivity index (χ3v) is 5.36. The monoisotopic (exact) mass is 322 g/mol. The second-order valence-corrected chi connectivity index (χ2v) is 7.22. The van der Waals surface area contributed by atoms with Gasteiger partial charge in [-0.2, -0.15) is 0 Å². The SMILES string of the molecule is Cc1ccnc(Cl)c1NS(=O)(=O)c1ccc2c(c1)CCC2. The Morgan fingerprint density at radius 2 is 1.95 bits per heavy atom. The summed E-state index contributed by atoms with van der Waals surface area (Å²) in [6, 6.07) is 7.01. The maximum atomic E-state index is 12.5. The van der Waals surface area contributed by atoms with Crippen molar-refractivity contribution in [2.75, 3.05) is 4.72 Å². The highest BCUT2D eigenvalue weighted by atomic mass is 35.5. The summed E-state index contributed by atoms with van der Waals surface area (Å²) in [5.41, 5.74) is 3.43. The molecule has 1 heterocycles. The number of rotatable bonds is 3. The van der Waals surface area contributed by atoms with Crippen molar-refractivity contribution in [1.82, 2.24) is 4.98 Å². The number of hydrogen-bond donors (Lipinski definition) is 1. The molecule has 1 N–H and O–H groups in total. The molecule has 110 valence electrons. The molecule has 1 aromatic heterocycles. The second kappa shape index (κ2) is 5.31. The Labute approximate surface area is 129 Å². The molecule has 1 aromatic carbocycles. The number of aromatic nitrogens is 1. The number of hydrogen-bond acceptors (Lipinski definition) is 3. The van der Waals surface area contributed by atoms with Gasteiger partial charge in [-0.15, -0.1) is 0 Å². The van der Waals surface area contributed by atoms with E-state index in [4.69, 9.17) is 11.6 Å². The van der Waals surface area contributed by atoms with Gasteiger partial charge in [-0.3, -0.25) is 4.72 Å².